The van der Waals surface area contributed by atoms with Gasteiger partial charge in [-0.2, -0.15) is 0 Å². The van der Waals surface area contributed by atoms with Crippen LogP contribution in [0.2, 0.25) is 0 Å². The monoisotopic (exact) mass is 57.0 g/mol. The maximum absolute atomic E-state index is 8.75. The van der Waals surface area contributed by atoms with Crippen molar-refractivity contribution in [3.8, 4) is 0 Å². The predicted octanol–water partition coefficient (Wildman–Crippen LogP) is -0.705. The van der Waals surface area contributed by atoms with Gasteiger partial charge >= 0.3 is 0 Å². The summed E-state index contributed by atoms with van der Waals surface area (Å²) in [7, 11) is 0. The van der Waals surface area contributed by atoms with Crippen molar-refractivity contribution in [2.45, 2.75) is 0 Å². The third kappa shape index (κ3) is 1.34. The highest BCUT2D eigenvalue weighted by atomic mass is 16.2. The molecule has 0 rings (SSSR count). The fourth-order valence-electron chi connectivity index (χ4n) is 0. The van der Waals surface area contributed by atoms with Crippen molar-refractivity contribution >= 4 is 12.6 Å². The van der Waals surface area contributed by atoms with Gasteiger partial charge in [0, 0.05) is 0 Å². The number of aldehydes is 1. The maximum Gasteiger partial charge on any atom is 0.268 e. The summed E-state index contributed by atoms with van der Waals surface area (Å²) < 4.78 is 0. The van der Waals surface area contributed by atoms with Gasteiger partial charge in [0.25, 0.3) is 6.29 Å². The number of hydrogen-bond donors (Lipinski definition) is 0. The van der Waals surface area contributed by atoms with Crippen molar-refractivity contribution in [1.82, 2.24) is 0 Å². The molecule has 0 aliphatic carbocycles. The van der Waals surface area contributed by atoms with Gasteiger partial charge in [-0.3, -0.25) is 9.59 Å². The first-order chi connectivity index (χ1) is 1.91. The lowest BCUT2D eigenvalue weighted by atomic mass is 10.9. The molecule has 4 heavy (non-hydrogen) atoms. The van der Waals surface area contributed by atoms with Gasteiger partial charge in [-0.25, -0.2) is 0 Å². The summed E-state index contributed by atoms with van der Waals surface area (Å²) in [4.78, 5) is 17.4. The van der Waals surface area contributed by atoms with Crippen LogP contribution >= 0.6 is 0 Å². The van der Waals surface area contributed by atoms with Crippen molar-refractivity contribution in [3.63, 3.8) is 0 Å². The summed E-state index contributed by atoms with van der Waals surface area (Å²) in [5, 5.41) is 0. The lowest BCUT2D eigenvalue weighted by Crippen LogP contribution is -1.62. The number of rotatable bonds is 1. The first-order valence-corrected chi connectivity index (χ1v) is 0.729. The Kier molecular flexibility index (Phi) is 1.95. The second-order valence-corrected chi connectivity index (χ2v) is 0.236. The molecular formula is C2HO2. The molecule has 0 spiro atoms. The fraction of sp³-hybridized carbons (Fsp3) is 0. The van der Waals surface area contributed by atoms with E-state index in [1.54, 1.807) is 0 Å². The number of hydrogen-bond acceptors (Lipinski definition) is 2. The third-order valence-electron chi connectivity index (χ3n) is 0.0481. The Morgan fingerprint density at radius 3 is 2.00 bits per heavy atom. The van der Waals surface area contributed by atoms with Gasteiger partial charge in [-0.15, -0.1) is 0 Å². The Bertz CT molecular complexity index is 25.0. The van der Waals surface area contributed by atoms with E-state index in [9.17, 15) is 0 Å². The normalized spacial score (nSPS) is 5.00. The fourth-order valence-corrected chi connectivity index (χ4v) is 0. The van der Waals surface area contributed by atoms with E-state index in [1.807, 2.05) is 0 Å². The van der Waals surface area contributed by atoms with E-state index < -0.39 is 0 Å². The first-order valence-electron chi connectivity index (χ1n) is 0.729. The highest BCUT2D eigenvalue weighted by Gasteiger charge is 1.51. The van der Waals surface area contributed by atoms with Crippen LogP contribution in [0.1, 0.15) is 0 Å². The van der Waals surface area contributed by atoms with Gasteiger partial charge in [0.2, 0.25) is 0 Å². The Morgan fingerprint density at radius 2 is 2.00 bits per heavy atom. The number of carbonyl (C=O) groups excluding carboxylic acids is 2. The molecule has 0 saturated carbocycles. The largest absolute Gasteiger partial charge is 0.294 e. The molecule has 0 bridgehead atoms. The minimum absolute atomic E-state index is 0.0694. The molecule has 21 valence electrons. The van der Waals surface area contributed by atoms with E-state index in [1.165, 1.54) is 0 Å². The molecule has 0 saturated heterocycles. The molecule has 0 fully saturated rings. The van der Waals surface area contributed by atoms with Crippen LogP contribution in [0.4, 0.5) is 0 Å². The van der Waals surface area contributed by atoms with Crippen molar-refractivity contribution in [2.75, 3.05) is 0 Å². The van der Waals surface area contributed by atoms with Gasteiger partial charge in [0.15, 0.2) is 6.29 Å². The molecule has 1 radical (unpaired) electrons. The summed E-state index contributed by atoms with van der Waals surface area (Å²) in [5.41, 5.74) is 0. The number of carbonyl (C=O) groups is 1. The SMILES string of the molecule is O=[C]C=O. The van der Waals surface area contributed by atoms with Gasteiger partial charge in [-0.05, 0) is 0 Å². The van der Waals surface area contributed by atoms with E-state index in [0.29, 0.717) is 0 Å². The zero-order valence-electron chi connectivity index (χ0n) is 1.89. The molecule has 0 unspecified atom stereocenters. The molecule has 0 aromatic carbocycles. The second kappa shape index (κ2) is 2.34. The molecule has 0 aliphatic heterocycles. The van der Waals surface area contributed by atoms with Crippen LogP contribution < -0.4 is 0 Å². The Hall–Kier alpha value is -0.660. The van der Waals surface area contributed by atoms with Crippen LogP contribution in [-0.2, 0) is 9.59 Å². The molecule has 0 aromatic heterocycles. The van der Waals surface area contributed by atoms with Crippen molar-refractivity contribution in [1.29, 1.82) is 0 Å². The molecule has 0 amide bonds. The zero-order valence-corrected chi connectivity index (χ0v) is 1.89. The lowest BCUT2D eigenvalue weighted by Gasteiger charge is -1.28. The zero-order chi connectivity index (χ0) is 3.41. The van der Waals surface area contributed by atoms with Crippen molar-refractivity contribution in [2.24, 2.45) is 0 Å². The molecule has 0 N–H and O–H groups in total. The topological polar surface area (TPSA) is 34.1 Å². The highest BCUT2D eigenvalue weighted by molar-refractivity contribution is 6.09. The van der Waals surface area contributed by atoms with Gasteiger partial charge < -0.3 is 0 Å². The van der Waals surface area contributed by atoms with E-state index >= 15 is 0 Å². The molecule has 0 heterocycles. The van der Waals surface area contributed by atoms with Crippen LogP contribution in [0.5, 0.6) is 0 Å². The van der Waals surface area contributed by atoms with Crippen molar-refractivity contribution < 1.29 is 9.59 Å². The van der Waals surface area contributed by atoms with Crippen molar-refractivity contribution in [3.05, 3.63) is 0 Å². The molecule has 0 atom stereocenters. The van der Waals surface area contributed by atoms with E-state index in [4.69, 9.17) is 9.59 Å². The van der Waals surface area contributed by atoms with Crippen LogP contribution in [0.3, 0.4) is 0 Å². The Labute approximate surface area is 23.4 Å². The minimum Gasteiger partial charge on any atom is -0.294 e. The molecule has 2 heteroatoms. The van der Waals surface area contributed by atoms with E-state index in [0.717, 1.165) is 6.29 Å². The Morgan fingerprint density at radius 1 is 1.75 bits per heavy atom. The quantitative estimate of drug-likeness (QED) is 0.294. The van der Waals surface area contributed by atoms with E-state index in [2.05, 4.69) is 0 Å². The summed E-state index contributed by atoms with van der Waals surface area (Å²) in [6, 6.07) is 0. The van der Waals surface area contributed by atoms with Crippen LogP contribution in [0, 0.1) is 0 Å². The maximum atomic E-state index is 8.75. The highest BCUT2D eigenvalue weighted by Crippen LogP contribution is 1.12. The summed E-state index contributed by atoms with van der Waals surface area (Å²) >= 11 is 0. The predicted molar refractivity (Wildman–Crippen MR) is 11.8 cm³/mol. The standard InChI is InChI=1S/C2HO2/c3-1-2-4/h1H. The lowest BCUT2D eigenvalue weighted by molar-refractivity contribution is -0.102. The Balaban J connectivity index is 2.73. The molecule has 2 nitrogen and oxygen atoms in total. The third-order valence-corrected chi connectivity index (χ3v) is 0.0481. The molecular weight excluding hydrogens is 56.0 g/mol. The average Bonchev–Trinajstić information content (AvgIpc) is 1.37. The molecule has 0 aliphatic rings. The summed E-state index contributed by atoms with van der Waals surface area (Å²) in [6.45, 7) is 0. The average molecular weight is 57.0 g/mol. The summed E-state index contributed by atoms with van der Waals surface area (Å²) in [6.07, 6.45) is 1.07. The van der Waals surface area contributed by atoms with Crippen LogP contribution in [0.15, 0.2) is 0 Å². The summed E-state index contributed by atoms with van der Waals surface area (Å²) in [5.74, 6) is 0. The van der Waals surface area contributed by atoms with Gasteiger partial charge in [0.1, 0.15) is 0 Å². The van der Waals surface area contributed by atoms with Crippen LogP contribution in [-0.4, -0.2) is 12.6 Å². The first kappa shape index (κ1) is 3.34. The van der Waals surface area contributed by atoms with E-state index in [-0.39, 0.29) is 6.29 Å². The second-order valence-electron chi connectivity index (χ2n) is 0.236. The van der Waals surface area contributed by atoms with Gasteiger partial charge in [0.05, 0.1) is 0 Å². The minimum atomic E-state index is 0.0694. The van der Waals surface area contributed by atoms with Crippen LogP contribution in [0.25, 0.3) is 0 Å². The molecule has 0 aromatic rings. The smallest absolute Gasteiger partial charge is 0.268 e. The van der Waals surface area contributed by atoms with Gasteiger partial charge in [-0.1, -0.05) is 0 Å².